The third kappa shape index (κ3) is 3.98. The van der Waals surface area contributed by atoms with Crippen LogP contribution in [0.2, 0.25) is 0 Å². The van der Waals surface area contributed by atoms with Crippen molar-refractivity contribution < 1.29 is 9.15 Å². The van der Waals surface area contributed by atoms with Gasteiger partial charge in [0.2, 0.25) is 5.71 Å². The van der Waals surface area contributed by atoms with Crippen molar-refractivity contribution in [1.82, 2.24) is 29.1 Å². The van der Waals surface area contributed by atoms with Crippen LogP contribution in [0.5, 0.6) is 0 Å². The van der Waals surface area contributed by atoms with Crippen molar-refractivity contribution in [3.8, 4) is 0 Å². The standard InChI is InChI=1S/C55H36N8/c1-31-32(2)57-38-30-40-39(29-37(38)56-31)58-51-52(59-40)54-50(36-21-13-6-14-22-36)46-28-26-44-48(34-17-9-4-10-18-34)42-24-23-41-47(33-15-7-3-8-16-33)43-25-27-45-49(35-19-11-5-12-20-35)53(51)63(54)55(60(41)42,61(43)45)62(44)46/h3-30,41,47H,1-2H3/q+2. The minimum absolute atomic E-state index is 0.0172. The van der Waals surface area contributed by atoms with Crippen molar-refractivity contribution in [2.45, 2.75) is 31.7 Å². The Balaban J connectivity index is 1.20. The molecule has 0 saturated heterocycles. The van der Waals surface area contributed by atoms with E-state index in [0.29, 0.717) is 0 Å². The van der Waals surface area contributed by atoms with E-state index in [9.17, 15) is 0 Å². The number of hydrogen-bond donors (Lipinski definition) is 0. The van der Waals surface area contributed by atoms with E-state index in [4.69, 9.17) is 19.9 Å². The highest BCUT2D eigenvalue weighted by molar-refractivity contribution is 6.33. The third-order valence-corrected chi connectivity index (χ3v) is 14.3. The third-order valence-electron chi connectivity index (χ3n) is 14.3. The second-order valence-electron chi connectivity index (χ2n) is 17.4. The maximum absolute atomic E-state index is 5.73. The van der Waals surface area contributed by atoms with Crippen LogP contribution in [0.1, 0.15) is 62.3 Å². The average molecular weight is 809 g/mol. The molecular weight excluding hydrogens is 773 g/mol. The van der Waals surface area contributed by atoms with Crippen molar-refractivity contribution >= 4 is 55.9 Å². The molecule has 4 aromatic heterocycles. The quantitative estimate of drug-likeness (QED) is 0.136. The Morgan fingerprint density at radius 3 is 1.70 bits per heavy atom. The Kier molecular flexibility index (Phi) is 6.20. The minimum atomic E-state index is -0.923. The second-order valence-corrected chi connectivity index (χ2v) is 17.4. The van der Waals surface area contributed by atoms with Crippen molar-refractivity contribution in [3.63, 3.8) is 0 Å². The summed E-state index contributed by atoms with van der Waals surface area (Å²) in [5, 5.41) is 2.31. The molecule has 0 N–H and O–H groups in total. The van der Waals surface area contributed by atoms with E-state index in [2.05, 4.69) is 188 Å². The first-order valence-corrected chi connectivity index (χ1v) is 21.7. The highest BCUT2D eigenvalue weighted by Crippen LogP contribution is 2.56. The fraction of sp³-hybridized carbons (Fsp3) is 0.0909. The van der Waals surface area contributed by atoms with Gasteiger partial charge in [0.15, 0.2) is 17.4 Å². The Hall–Kier alpha value is -8.10. The van der Waals surface area contributed by atoms with Crippen LogP contribution in [0.15, 0.2) is 170 Å². The van der Waals surface area contributed by atoms with E-state index in [1.165, 1.54) is 33.5 Å². The molecule has 1 spiro atoms. The molecule has 0 radical (unpaired) electrons. The number of allylic oxidation sites excluding steroid dienone is 1. The molecule has 8 nitrogen and oxygen atoms in total. The predicted molar refractivity (Wildman–Crippen MR) is 245 cm³/mol. The van der Waals surface area contributed by atoms with Crippen LogP contribution in [0.3, 0.4) is 0 Å². The predicted octanol–water partition coefficient (Wildman–Crippen LogP) is 7.62. The van der Waals surface area contributed by atoms with Gasteiger partial charge in [-0.25, -0.2) is 24.5 Å². The molecular formula is C55H36N8+2. The summed E-state index contributed by atoms with van der Waals surface area (Å²) in [6, 6.07) is 57.4. The van der Waals surface area contributed by atoms with Crippen molar-refractivity contribution in [2.75, 3.05) is 0 Å². The summed E-state index contributed by atoms with van der Waals surface area (Å²) in [6.07, 6.45) is 4.86. The van der Waals surface area contributed by atoms with Gasteiger partial charge in [0, 0.05) is 11.8 Å². The zero-order chi connectivity index (χ0) is 41.3. The number of fused-ring (bicyclic) bond motifs is 5. The number of rotatable bonds is 4. The molecule has 0 saturated carbocycles. The molecule has 8 heteroatoms. The van der Waals surface area contributed by atoms with Crippen LogP contribution < -0.4 is 10.7 Å². The highest BCUT2D eigenvalue weighted by atomic mass is 15.6. The first-order valence-electron chi connectivity index (χ1n) is 21.7. The fourth-order valence-corrected chi connectivity index (χ4v) is 11.8. The zero-order valence-electron chi connectivity index (χ0n) is 34.4. The van der Waals surface area contributed by atoms with E-state index < -0.39 is 5.91 Å². The number of hydrogen-bond acceptors (Lipinski definition) is 4. The molecule has 3 atom stereocenters. The molecule has 5 aromatic carbocycles. The molecule has 9 aromatic rings. The van der Waals surface area contributed by atoms with Gasteiger partial charge in [0.1, 0.15) is 0 Å². The molecule has 3 unspecified atom stereocenters. The lowest BCUT2D eigenvalue weighted by molar-refractivity contribution is -0.855. The molecule has 0 bridgehead atoms. The van der Waals surface area contributed by atoms with Gasteiger partial charge < -0.3 is 0 Å². The van der Waals surface area contributed by atoms with Crippen LogP contribution in [0, 0.1) is 13.8 Å². The highest BCUT2D eigenvalue weighted by Gasteiger charge is 2.76. The van der Waals surface area contributed by atoms with Gasteiger partial charge in [-0.15, -0.1) is 4.58 Å². The topological polar surface area (TPSA) is 67.4 Å². The average Bonchev–Trinajstić information content (AvgIpc) is 4.14. The SMILES string of the molecule is Cc1nc2cc3nc4c(nc3cc2nc1C)C1=[N+]2C4=C(c3ccccc3)c3ccc4n3C23n2c(ccc2=C(c2ccccc2)C2=[N+]3C(C=C2)C4c2ccccc2)=C1c1ccccc1. The van der Waals surface area contributed by atoms with Gasteiger partial charge in [-0.05, 0) is 78.6 Å². The lowest BCUT2D eigenvalue weighted by Crippen LogP contribution is -2.73. The lowest BCUT2D eigenvalue weighted by atomic mass is 9.85. The summed E-state index contributed by atoms with van der Waals surface area (Å²) in [6.45, 7) is 4.04. The molecule has 0 amide bonds. The van der Waals surface area contributed by atoms with Crippen LogP contribution in [0.4, 0.5) is 0 Å². The summed E-state index contributed by atoms with van der Waals surface area (Å²) in [5.41, 5.74) is 20.7. The van der Waals surface area contributed by atoms with Gasteiger partial charge in [0.05, 0.1) is 72.5 Å². The molecule has 6 aliphatic heterocycles. The van der Waals surface area contributed by atoms with Crippen molar-refractivity contribution in [2.24, 2.45) is 0 Å². The Morgan fingerprint density at radius 1 is 0.524 bits per heavy atom. The Morgan fingerprint density at radius 2 is 1.06 bits per heavy atom. The van der Waals surface area contributed by atoms with E-state index >= 15 is 0 Å². The number of aromatic nitrogens is 6. The molecule has 0 fully saturated rings. The summed E-state index contributed by atoms with van der Waals surface area (Å²) >= 11 is 0. The monoisotopic (exact) mass is 808 g/mol. The van der Waals surface area contributed by atoms with Crippen LogP contribution >= 0.6 is 0 Å². The summed E-state index contributed by atoms with van der Waals surface area (Å²) in [4.78, 5) is 21.4. The van der Waals surface area contributed by atoms with Gasteiger partial charge in [-0.1, -0.05) is 126 Å². The zero-order valence-corrected chi connectivity index (χ0v) is 34.4. The molecule has 294 valence electrons. The molecule has 10 heterocycles. The molecule has 6 aliphatic rings. The summed E-state index contributed by atoms with van der Waals surface area (Å²) in [7, 11) is 0. The maximum atomic E-state index is 5.73. The first kappa shape index (κ1) is 33.6. The van der Waals surface area contributed by atoms with Gasteiger partial charge in [0.25, 0.3) is 11.4 Å². The Labute approximate surface area is 361 Å². The fourth-order valence-electron chi connectivity index (χ4n) is 11.8. The van der Waals surface area contributed by atoms with Gasteiger partial charge in [-0.2, -0.15) is 4.57 Å². The van der Waals surface area contributed by atoms with Crippen LogP contribution in [-0.4, -0.2) is 55.7 Å². The van der Waals surface area contributed by atoms with E-state index in [0.717, 1.165) is 89.6 Å². The lowest BCUT2D eigenvalue weighted by Gasteiger charge is -2.44. The molecule has 0 aliphatic carbocycles. The maximum Gasteiger partial charge on any atom is 0.548 e. The number of aryl methyl sites for hydroxylation is 2. The second kappa shape index (κ2) is 11.6. The van der Waals surface area contributed by atoms with Crippen molar-refractivity contribution in [3.05, 3.63) is 237 Å². The van der Waals surface area contributed by atoms with E-state index in [1.807, 2.05) is 13.8 Å². The molecule has 15 rings (SSSR count). The normalized spacial score (nSPS) is 20.6. The van der Waals surface area contributed by atoms with Crippen molar-refractivity contribution in [1.29, 1.82) is 0 Å². The van der Waals surface area contributed by atoms with Gasteiger partial charge >= 0.3 is 5.91 Å². The summed E-state index contributed by atoms with van der Waals surface area (Å²) < 4.78 is 10.7. The van der Waals surface area contributed by atoms with E-state index in [-0.39, 0.29) is 12.0 Å². The number of benzene rings is 5. The van der Waals surface area contributed by atoms with Crippen LogP contribution in [-0.2, 0) is 5.91 Å². The van der Waals surface area contributed by atoms with Crippen LogP contribution in [0.25, 0.3) is 44.5 Å². The smallest absolute Gasteiger partial charge is 0.250 e. The minimum Gasteiger partial charge on any atom is -0.250 e. The first-order chi connectivity index (χ1) is 31.1. The van der Waals surface area contributed by atoms with Gasteiger partial charge in [-0.3, -0.25) is 0 Å². The summed E-state index contributed by atoms with van der Waals surface area (Å²) in [5.74, 6) is -0.880. The van der Waals surface area contributed by atoms with E-state index in [1.54, 1.807) is 0 Å². The largest absolute Gasteiger partial charge is 0.548 e. The Bertz CT molecular complexity index is 3850. The number of nitrogens with zero attached hydrogens (tertiary/aromatic N) is 8. The molecule has 63 heavy (non-hydrogen) atoms.